The van der Waals surface area contributed by atoms with E-state index in [1.165, 1.54) is 11.9 Å². The third kappa shape index (κ3) is 6.10. The average Bonchev–Trinajstić information content (AvgIpc) is 3.22. The van der Waals surface area contributed by atoms with Crippen molar-refractivity contribution in [3.8, 4) is 11.5 Å². The molecule has 0 radical (unpaired) electrons. The Morgan fingerprint density at radius 2 is 1.84 bits per heavy atom. The zero-order valence-corrected chi connectivity index (χ0v) is 19.0. The van der Waals surface area contributed by atoms with Crippen LogP contribution in [0.25, 0.3) is 0 Å². The molecule has 9 heteroatoms. The number of ether oxygens (including phenoxy) is 4. The van der Waals surface area contributed by atoms with Gasteiger partial charge in [-0.2, -0.15) is 0 Å². The summed E-state index contributed by atoms with van der Waals surface area (Å²) in [7, 11) is 1.47. The van der Waals surface area contributed by atoms with E-state index >= 15 is 0 Å². The first-order valence-corrected chi connectivity index (χ1v) is 10.3. The number of hydrogen-bond donors (Lipinski definition) is 1. The van der Waals surface area contributed by atoms with Gasteiger partial charge in [-0.3, -0.25) is 9.59 Å². The fraction of sp³-hybridized carbons (Fsp3) is 0.591. The number of carbonyl (C=O) groups excluding carboxylic acids is 3. The van der Waals surface area contributed by atoms with Gasteiger partial charge in [0.05, 0.1) is 6.04 Å². The van der Waals surface area contributed by atoms with E-state index in [2.05, 4.69) is 0 Å². The molecule has 1 aromatic carbocycles. The molecule has 1 aliphatic heterocycles. The number of likely N-dealkylation sites (N-methyl/N-ethyl adjacent to an activating group) is 1. The van der Waals surface area contributed by atoms with Crippen LogP contribution in [0.15, 0.2) is 18.2 Å². The van der Waals surface area contributed by atoms with Gasteiger partial charge in [0, 0.05) is 12.6 Å². The summed E-state index contributed by atoms with van der Waals surface area (Å²) < 4.78 is 21.2. The number of fused-ring (bicyclic) bond motifs is 1. The largest absolute Gasteiger partial charge is 0.455 e. The van der Waals surface area contributed by atoms with Crippen molar-refractivity contribution in [1.29, 1.82) is 0 Å². The summed E-state index contributed by atoms with van der Waals surface area (Å²) in [5.41, 5.74) is 5.23. The van der Waals surface area contributed by atoms with Crippen LogP contribution in [0.4, 0.5) is 4.79 Å². The Balaban J connectivity index is 1.92. The Morgan fingerprint density at radius 1 is 1.19 bits per heavy atom. The van der Waals surface area contributed by atoms with Gasteiger partial charge in [0.2, 0.25) is 6.79 Å². The molecule has 0 bridgehead atoms. The van der Waals surface area contributed by atoms with E-state index in [0.717, 1.165) is 6.42 Å². The zero-order chi connectivity index (χ0) is 23.3. The van der Waals surface area contributed by atoms with Crippen molar-refractivity contribution in [2.45, 2.75) is 58.7 Å². The van der Waals surface area contributed by atoms with Crippen molar-refractivity contribution in [3.63, 3.8) is 0 Å². The first kappa shape index (κ1) is 24.5. The van der Waals surface area contributed by atoms with Crippen LogP contribution in [-0.2, 0) is 14.3 Å². The summed E-state index contributed by atoms with van der Waals surface area (Å²) >= 11 is 0. The normalized spacial score (nSPS) is 15.6. The maximum Gasteiger partial charge on any atom is 0.410 e. The molecular weight excluding hydrogens is 404 g/mol. The monoisotopic (exact) mass is 436 g/mol. The molecular formula is C22H32N2O7. The first-order chi connectivity index (χ1) is 14.5. The van der Waals surface area contributed by atoms with E-state index < -0.39 is 29.7 Å². The molecule has 1 amide bonds. The lowest BCUT2D eigenvalue weighted by atomic mass is 10.00. The van der Waals surface area contributed by atoms with Gasteiger partial charge in [-0.1, -0.05) is 20.3 Å². The molecule has 3 atom stereocenters. The van der Waals surface area contributed by atoms with Crippen LogP contribution < -0.4 is 15.2 Å². The predicted molar refractivity (Wildman–Crippen MR) is 113 cm³/mol. The van der Waals surface area contributed by atoms with Crippen LogP contribution in [0, 0.1) is 5.92 Å². The molecule has 31 heavy (non-hydrogen) atoms. The van der Waals surface area contributed by atoms with Crippen molar-refractivity contribution >= 4 is 17.8 Å². The number of esters is 1. The van der Waals surface area contributed by atoms with Crippen LogP contribution in [0.2, 0.25) is 0 Å². The zero-order valence-electron chi connectivity index (χ0n) is 19.0. The molecule has 2 N–H and O–H groups in total. The Kier molecular flexibility index (Phi) is 7.89. The third-order valence-electron chi connectivity index (χ3n) is 5.35. The molecule has 0 saturated carbocycles. The highest BCUT2D eigenvalue weighted by Crippen LogP contribution is 2.33. The number of hydrogen-bond acceptors (Lipinski definition) is 8. The molecule has 9 nitrogen and oxygen atoms in total. The number of Topliss-reactive ketones (excluding diaryl/α,β-unsaturated/α-hetero) is 1. The second-order valence-electron chi connectivity index (χ2n) is 8.37. The van der Waals surface area contributed by atoms with E-state index in [0.29, 0.717) is 17.1 Å². The minimum atomic E-state index is -1.07. The van der Waals surface area contributed by atoms with Gasteiger partial charge in [-0.15, -0.1) is 0 Å². The van der Waals surface area contributed by atoms with Crippen LogP contribution in [0.3, 0.4) is 0 Å². The topological polar surface area (TPSA) is 117 Å². The molecule has 0 saturated heterocycles. The molecule has 1 aliphatic rings. The lowest BCUT2D eigenvalue weighted by Gasteiger charge is -2.29. The lowest BCUT2D eigenvalue weighted by molar-refractivity contribution is -0.163. The van der Waals surface area contributed by atoms with E-state index in [-0.39, 0.29) is 25.1 Å². The van der Waals surface area contributed by atoms with Gasteiger partial charge in [-0.25, -0.2) is 4.79 Å². The van der Waals surface area contributed by atoms with Gasteiger partial charge >= 0.3 is 12.1 Å². The number of rotatable bonds is 9. The highest BCUT2D eigenvalue weighted by Gasteiger charge is 2.32. The molecule has 1 heterocycles. The summed E-state index contributed by atoms with van der Waals surface area (Å²) in [6, 6.07) is 3.33. The van der Waals surface area contributed by atoms with E-state index in [1.54, 1.807) is 39.0 Å². The van der Waals surface area contributed by atoms with Gasteiger partial charge in [0.1, 0.15) is 18.2 Å². The van der Waals surface area contributed by atoms with Crippen molar-refractivity contribution < 1.29 is 33.3 Å². The molecule has 0 aliphatic carbocycles. The predicted octanol–water partition coefficient (Wildman–Crippen LogP) is 2.75. The number of amides is 1. The first-order valence-electron chi connectivity index (χ1n) is 10.3. The van der Waals surface area contributed by atoms with Gasteiger partial charge in [-0.05, 0) is 44.9 Å². The van der Waals surface area contributed by atoms with Crippen molar-refractivity contribution in [2.24, 2.45) is 11.7 Å². The minimum absolute atomic E-state index is 0.0278. The van der Waals surface area contributed by atoms with E-state index in [4.69, 9.17) is 24.7 Å². The number of nitrogens with zero attached hydrogens (tertiary/aromatic N) is 1. The molecule has 1 aromatic rings. The van der Waals surface area contributed by atoms with Crippen molar-refractivity contribution in [1.82, 2.24) is 4.90 Å². The van der Waals surface area contributed by atoms with Gasteiger partial charge in [0.25, 0.3) is 0 Å². The highest BCUT2D eigenvalue weighted by atomic mass is 16.7. The molecule has 172 valence electrons. The molecule has 0 spiro atoms. The second-order valence-corrected chi connectivity index (χ2v) is 8.37. The average molecular weight is 437 g/mol. The minimum Gasteiger partial charge on any atom is -0.455 e. The third-order valence-corrected chi connectivity index (χ3v) is 5.35. The van der Waals surface area contributed by atoms with E-state index in [9.17, 15) is 14.4 Å². The number of benzene rings is 1. The van der Waals surface area contributed by atoms with Crippen LogP contribution in [0.5, 0.6) is 11.5 Å². The van der Waals surface area contributed by atoms with Crippen molar-refractivity contribution in [2.75, 3.05) is 20.4 Å². The smallest absolute Gasteiger partial charge is 0.410 e. The summed E-state index contributed by atoms with van der Waals surface area (Å²) in [5, 5.41) is 0. The van der Waals surface area contributed by atoms with E-state index in [1.807, 2.05) is 13.8 Å². The summed E-state index contributed by atoms with van der Waals surface area (Å²) in [6.07, 6.45) is 0.0307. The fourth-order valence-electron chi connectivity index (χ4n) is 2.82. The van der Waals surface area contributed by atoms with Crippen LogP contribution >= 0.6 is 0 Å². The number of ketones is 1. The van der Waals surface area contributed by atoms with Crippen LogP contribution in [-0.4, -0.2) is 60.9 Å². The number of nitrogens with two attached hydrogens (primary N) is 1. The molecule has 0 fully saturated rings. The Morgan fingerprint density at radius 3 is 2.48 bits per heavy atom. The SMILES string of the molecule is CCC(C)C(N)C(=O)OC(C)(C)COC(=O)N(C)C(C)C(=O)c1ccc2c(c1)OCO2. The Labute approximate surface area is 182 Å². The molecule has 0 aromatic heterocycles. The second kappa shape index (κ2) is 10.00. The standard InChI is InChI=1S/C22H32N2O7/c1-7-13(2)18(23)20(26)31-22(4,5)11-28-21(27)24(6)14(3)19(25)15-8-9-16-17(10-15)30-12-29-16/h8-10,13-14,18H,7,11-12,23H2,1-6H3. The van der Waals surface area contributed by atoms with Crippen LogP contribution in [0.1, 0.15) is 51.4 Å². The maximum absolute atomic E-state index is 12.8. The number of carbonyl (C=O) groups is 3. The lowest BCUT2D eigenvalue weighted by Crippen LogP contribution is -2.46. The van der Waals surface area contributed by atoms with Crippen molar-refractivity contribution in [3.05, 3.63) is 23.8 Å². The quantitative estimate of drug-likeness (QED) is 0.464. The van der Waals surface area contributed by atoms with Gasteiger partial charge in [0.15, 0.2) is 17.3 Å². The molecule has 2 rings (SSSR count). The Bertz CT molecular complexity index is 824. The maximum atomic E-state index is 12.8. The Hall–Kier alpha value is -2.81. The fourth-order valence-corrected chi connectivity index (χ4v) is 2.82. The molecule has 3 unspecified atom stereocenters. The summed E-state index contributed by atoms with van der Waals surface area (Å²) in [6.45, 7) is 8.59. The highest BCUT2D eigenvalue weighted by molar-refractivity contribution is 6.01. The summed E-state index contributed by atoms with van der Waals surface area (Å²) in [5.74, 6) is 0.210. The van der Waals surface area contributed by atoms with Gasteiger partial charge < -0.3 is 29.6 Å². The summed E-state index contributed by atoms with van der Waals surface area (Å²) in [4.78, 5) is 38.6.